The highest BCUT2D eigenvalue weighted by Crippen LogP contribution is 2.19. The van der Waals surface area contributed by atoms with E-state index in [0.717, 1.165) is 0 Å². The van der Waals surface area contributed by atoms with Crippen molar-refractivity contribution in [2.24, 2.45) is 12.0 Å². The molecule has 5 heteroatoms. The minimum atomic E-state index is 0.378. The standard InChI is InChI=1S/C12H11N5/c1-17-7-9(6-13)12(15-8-17)16-11-5-3-2-4-10(11)14/h2-5,7-8H,14H2,1H3. The number of anilines is 1. The van der Waals surface area contributed by atoms with Crippen LogP contribution in [0.5, 0.6) is 0 Å². The lowest BCUT2D eigenvalue weighted by molar-refractivity contribution is 0.840. The Kier molecular flexibility index (Phi) is 2.88. The third-order valence-corrected chi connectivity index (χ3v) is 2.22. The van der Waals surface area contributed by atoms with Gasteiger partial charge in [0.15, 0.2) is 5.49 Å². The minimum Gasteiger partial charge on any atom is -0.397 e. The Morgan fingerprint density at radius 1 is 1.41 bits per heavy atom. The zero-order valence-electron chi connectivity index (χ0n) is 9.33. The second-order valence-electron chi connectivity index (χ2n) is 3.56. The second-order valence-corrected chi connectivity index (χ2v) is 3.56. The van der Waals surface area contributed by atoms with Crippen LogP contribution in [0.2, 0.25) is 0 Å². The molecule has 0 bridgehead atoms. The van der Waals surface area contributed by atoms with E-state index >= 15 is 0 Å². The summed E-state index contributed by atoms with van der Waals surface area (Å²) < 4.78 is 1.70. The van der Waals surface area contributed by atoms with Crippen LogP contribution in [0.15, 0.2) is 41.8 Å². The van der Waals surface area contributed by atoms with E-state index < -0.39 is 0 Å². The summed E-state index contributed by atoms with van der Waals surface area (Å²) in [6.45, 7) is 0. The van der Waals surface area contributed by atoms with Gasteiger partial charge in [0.1, 0.15) is 11.6 Å². The number of hydrogen-bond donors (Lipinski definition) is 1. The summed E-state index contributed by atoms with van der Waals surface area (Å²) in [7, 11) is 1.80. The lowest BCUT2D eigenvalue weighted by Crippen LogP contribution is -2.14. The molecule has 0 spiro atoms. The lowest BCUT2D eigenvalue weighted by Gasteiger charge is -2.00. The van der Waals surface area contributed by atoms with Gasteiger partial charge in [-0.15, -0.1) is 0 Å². The number of nitriles is 1. The molecule has 0 radical (unpaired) electrons. The highest BCUT2D eigenvalue weighted by atomic mass is 15.0. The fourth-order valence-corrected chi connectivity index (χ4v) is 1.38. The molecule has 84 valence electrons. The second kappa shape index (κ2) is 4.49. The molecule has 0 saturated heterocycles. The van der Waals surface area contributed by atoms with E-state index in [9.17, 15) is 0 Å². The van der Waals surface area contributed by atoms with Gasteiger partial charge in [-0.25, -0.2) is 9.98 Å². The Labute approximate surface area is 98.5 Å². The summed E-state index contributed by atoms with van der Waals surface area (Å²) in [4.78, 5) is 8.38. The topological polar surface area (TPSA) is 80.0 Å². The van der Waals surface area contributed by atoms with E-state index in [2.05, 4.69) is 16.0 Å². The number of aryl methyl sites for hydroxylation is 1. The minimum absolute atomic E-state index is 0.378. The van der Waals surface area contributed by atoms with Crippen LogP contribution in [0.4, 0.5) is 11.4 Å². The summed E-state index contributed by atoms with van der Waals surface area (Å²) in [6, 6.07) is 9.27. The van der Waals surface area contributed by atoms with Gasteiger partial charge in [-0.2, -0.15) is 5.26 Å². The van der Waals surface area contributed by atoms with E-state index in [4.69, 9.17) is 11.0 Å². The Balaban J connectivity index is 2.63. The molecule has 2 N–H and O–H groups in total. The smallest absolute Gasteiger partial charge is 0.173 e. The van der Waals surface area contributed by atoms with Crippen molar-refractivity contribution < 1.29 is 0 Å². The number of rotatable bonds is 1. The first kappa shape index (κ1) is 10.9. The molecular weight excluding hydrogens is 214 g/mol. The van der Waals surface area contributed by atoms with Crippen LogP contribution in [0.1, 0.15) is 5.56 Å². The molecule has 0 amide bonds. The molecule has 0 saturated carbocycles. The van der Waals surface area contributed by atoms with Crippen molar-refractivity contribution in [3.05, 3.63) is 47.8 Å². The molecule has 1 heterocycles. The van der Waals surface area contributed by atoms with Gasteiger partial charge < -0.3 is 10.3 Å². The number of para-hydroxylation sites is 2. The fraction of sp³-hybridized carbons (Fsp3) is 0.0833. The van der Waals surface area contributed by atoms with E-state index in [-0.39, 0.29) is 0 Å². The molecule has 2 rings (SSSR count). The zero-order chi connectivity index (χ0) is 12.3. The summed E-state index contributed by atoms with van der Waals surface area (Å²) in [6.07, 6.45) is 3.27. The number of nitrogens with zero attached hydrogens (tertiary/aromatic N) is 4. The van der Waals surface area contributed by atoms with Crippen LogP contribution in [-0.4, -0.2) is 9.55 Å². The maximum absolute atomic E-state index is 9.00. The van der Waals surface area contributed by atoms with Gasteiger partial charge in [0.25, 0.3) is 0 Å². The molecule has 2 aromatic rings. The van der Waals surface area contributed by atoms with Crippen LogP contribution >= 0.6 is 0 Å². The van der Waals surface area contributed by atoms with Gasteiger partial charge in [0, 0.05) is 13.2 Å². The van der Waals surface area contributed by atoms with Gasteiger partial charge in [-0.05, 0) is 12.1 Å². The maximum Gasteiger partial charge on any atom is 0.173 e. The molecule has 0 aliphatic rings. The van der Waals surface area contributed by atoms with Gasteiger partial charge >= 0.3 is 0 Å². The molecule has 1 aromatic heterocycles. The largest absolute Gasteiger partial charge is 0.397 e. The van der Waals surface area contributed by atoms with Gasteiger partial charge in [0.05, 0.1) is 17.7 Å². The normalized spacial score (nSPS) is 11.2. The van der Waals surface area contributed by atoms with Crippen LogP contribution in [0.3, 0.4) is 0 Å². The average Bonchev–Trinajstić information content (AvgIpc) is 2.34. The number of nitrogens with two attached hydrogens (primary N) is 1. The highest BCUT2D eigenvalue weighted by Gasteiger charge is 1.99. The van der Waals surface area contributed by atoms with E-state index in [0.29, 0.717) is 22.4 Å². The summed E-state index contributed by atoms with van der Waals surface area (Å²) in [5.41, 5.74) is 7.75. The molecular formula is C12H11N5. The van der Waals surface area contributed by atoms with Crippen molar-refractivity contribution in [2.75, 3.05) is 5.73 Å². The number of benzene rings is 1. The van der Waals surface area contributed by atoms with Crippen LogP contribution in [0.25, 0.3) is 0 Å². The van der Waals surface area contributed by atoms with Crippen molar-refractivity contribution in [1.29, 1.82) is 5.26 Å². The first-order chi connectivity index (χ1) is 8.20. The van der Waals surface area contributed by atoms with Crippen molar-refractivity contribution >= 4 is 11.4 Å². The molecule has 0 atom stereocenters. The predicted molar refractivity (Wildman–Crippen MR) is 64.0 cm³/mol. The lowest BCUT2D eigenvalue weighted by atomic mass is 10.3. The van der Waals surface area contributed by atoms with Crippen LogP contribution in [0, 0.1) is 11.3 Å². The quantitative estimate of drug-likeness (QED) is 0.738. The maximum atomic E-state index is 9.00. The Bertz CT molecular complexity index is 648. The molecule has 0 aliphatic heterocycles. The van der Waals surface area contributed by atoms with Gasteiger partial charge in [0.2, 0.25) is 0 Å². The molecule has 1 aromatic carbocycles. The highest BCUT2D eigenvalue weighted by molar-refractivity contribution is 5.61. The molecule has 0 unspecified atom stereocenters. The van der Waals surface area contributed by atoms with Gasteiger partial charge in [-0.1, -0.05) is 12.1 Å². The molecule has 0 fully saturated rings. The van der Waals surface area contributed by atoms with Crippen molar-refractivity contribution in [3.8, 4) is 6.07 Å². The Morgan fingerprint density at radius 3 is 2.88 bits per heavy atom. The first-order valence-corrected chi connectivity index (χ1v) is 5.02. The first-order valence-electron chi connectivity index (χ1n) is 5.02. The summed E-state index contributed by atoms with van der Waals surface area (Å²) in [5, 5.41) is 9.00. The SMILES string of the molecule is Cn1cnc(=Nc2ccccc2N)c(C#N)c1. The third kappa shape index (κ3) is 2.32. The zero-order valence-corrected chi connectivity index (χ0v) is 9.33. The third-order valence-electron chi connectivity index (χ3n) is 2.22. The van der Waals surface area contributed by atoms with Crippen molar-refractivity contribution in [3.63, 3.8) is 0 Å². The number of nitrogen functional groups attached to an aromatic ring is 1. The summed E-state index contributed by atoms with van der Waals surface area (Å²) >= 11 is 0. The average molecular weight is 225 g/mol. The predicted octanol–water partition coefficient (Wildman–Crippen LogP) is 1.11. The van der Waals surface area contributed by atoms with E-state index in [1.54, 1.807) is 36.3 Å². The van der Waals surface area contributed by atoms with Crippen LogP contribution < -0.4 is 11.2 Å². The molecule has 5 nitrogen and oxygen atoms in total. The van der Waals surface area contributed by atoms with Crippen molar-refractivity contribution in [1.82, 2.24) is 9.55 Å². The van der Waals surface area contributed by atoms with E-state index in [1.807, 2.05) is 12.1 Å². The fourth-order valence-electron chi connectivity index (χ4n) is 1.38. The number of aromatic nitrogens is 2. The molecule has 17 heavy (non-hydrogen) atoms. The molecule has 0 aliphatic carbocycles. The number of hydrogen-bond acceptors (Lipinski definition) is 4. The van der Waals surface area contributed by atoms with Crippen LogP contribution in [-0.2, 0) is 7.05 Å². The van der Waals surface area contributed by atoms with E-state index in [1.165, 1.54) is 0 Å². The Hall–Kier alpha value is -2.61. The Morgan fingerprint density at radius 2 is 2.18 bits per heavy atom. The van der Waals surface area contributed by atoms with Gasteiger partial charge in [-0.3, -0.25) is 0 Å². The van der Waals surface area contributed by atoms with Crippen molar-refractivity contribution in [2.45, 2.75) is 0 Å². The summed E-state index contributed by atoms with van der Waals surface area (Å²) in [5.74, 6) is 0. The monoisotopic (exact) mass is 225 g/mol.